The Morgan fingerprint density at radius 1 is 1.04 bits per heavy atom. The van der Waals surface area contributed by atoms with E-state index in [1.54, 1.807) is 18.2 Å². The first-order valence-electron chi connectivity index (χ1n) is 6.75. The van der Waals surface area contributed by atoms with Crippen molar-refractivity contribution in [1.82, 2.24) is 5.06 Å². The second-order valence-corrected chi connectivity index (χ2v) is 5.15. The summed E-state index contributed by atoms with van der Waals surface area (Å²) in [5.41, 5.74) is -1.91. The van der Waals surface area contributed by atoms with Crippen LogP contribution in [-0.4, -0.2) is 43.7 Å². The molecule has 23 heavy (non-hydrogen) atoms. The molecule has 0 aromatic heterocycles. The van der Waals surface area contributed by atoms with Gasteiger partial charge in [0.05, 0.1) is 6.42 Å². The Bertz CT molecular complexity index is 716. The Hall–Kier alpha value is -2.77. The molecule has 122 valence electrons. The largest absolute Gasteiger partial charge is 0.504 e. The van der Waals surface area contributed by atoms with Gasteiger partial charge in [-0.15, -0.1) is 0 Å². The normalized spacial score (nSPS) is 13.3. The maximum atomic E-state index is 11.9. The molecule has 2 aromatic carbocycles. The van der Waals surface area contributed by atoms with E-state index in [1.165, 1.54) is 18.2 Å². The molecule has 0 bridgehead atoms. The molecule has 1 atom stereocenters. The number of amides is 1. The van der Waals surface area contributed by atoms with Crippen molar-refractivity contribution in [1.29, 1.82) is 0 Å². The lowest BCUT2D eigenvalue weighted by molar-refractivity contribution is -0.163. The first-order chi connectivity index (χ1) is 10.8. The lowest BCUT2D eigenvalue weighted by atomic mass is 9.82. The molecule has 0 aliphatic carbocycles. The minimum Gasteiger partial charge on any atom is -0.504 e. The van der Waals surface area contributed by atoms with Crippen LogP contribution >= 0.6 is 0 Å². The zero-order valence-electron chi connectivity index (χ0n) is 12.3. The molecular formula is C16H17NO6. The van der Waals surface area contributed by atoms with Crippen molar-refractivity contribution in [2.24, 2.45) is 0 Å². The zero-order valence-corrected chi connectivity index (χ0v) is 12.3. The SMILES string of the molecule is CN(O)C(=O)CC(O)(c1ccccc1)c1ccc(O)c(O)c1O. The van der Waals surface area contributed by atoms with Gasteiger partial charge in [0.2, 0.25) is 11.7 Å². The average Bonchev–Trinajstić information content (AvgIpc) is 2.53. The van der Waals surface area contributed by atoms with Crippen LogP contribution in [0.25, 0.3) is 0 Å². The number of aliphatic hydroxyl groups is 1. The minimum atomic E-state index is -2.01. The van der Waals surface area contributed by atoms with E-state index in [0.29, 0.717) is 5.06 Å². The molecule has 1 amide bonds. The summed E-state index contributed by atoms with van der Waals surface area (Å²) in [7, 11) is 1.11. The van der Waals surface area contributed by atoms with Crippen molar-refractivity contribution < 1.29 is 30.4 Å². The van der Waals surface area contributed by atoms with Gasteiger partial charge in [0, 0.05) is 12.6 Å². The van der Waals surface area contributed by atoms with Crippen LogP contribution in [0.1, 0.15) is 17.5 Å². The number of hydroxylamine groups is 2. The lowest BCUT2D eigenvalue weighted by Crippen LogP contribution is -2.35. The fraction of sp³-hybridized carbons (Fsp3) is 0.188. The molecule has 0 saturated carbocycles. The number of carbonyl (C=O) groups excluding carboxylic acids is 1. The first-order valence-corrected chi connectivity index (χ1v) is 6.75. The van der Waals surface area contributed by atoms with E-state index >= 15 is 0 Å². The van der Waals surface area contributed by atoms with E-state index in [2.05, 4.69) is 0 Å². The monoisotopic (exact) mass is 319 g/mol. The summed E-state index contributed by atoms with van der Waals surface area (Å²) in [6.45, 7) is 0. The van der Waals surface area contributed by atoms with Crippen molar-refractivity contribution in [3.8, 4) is 17.2 Å². The van der Waals surface area contributed by atoms with E-state index in [-0.39, 0.29) is 11.1 Å². The van der Waals surface area contributed by atoms with Gasteiger partial charge in [-0.3, -0.25) is 10.0 Å². The Labute approximate surface area is 132 Å². The van der Waals surface area contributed by atoms with Crippen molar-refractivity contribution in [3.05, 3.63) is 53.6 Å². The summed E-state index contributed by atoms with van der Waals surface area (Å²) >= 11 is 0. The van der Waals surface area contributed by atoms with Gasteiger partial charge < -0.3 is 20.4 Å². The molecule has 0 fully saturated rings. The summed E-state index contributed by atoms with van der Waals surface area (Å²) in [6.07, 6.45) is -0.582. The molecule has 7 nitrogen and oxygen atoms in total. The van der Waals surface area contributed by atoms with Gasteiger partial charge in [0.25, 0.3) is 0 Å². The number of rotatable bonds is 4. The molecule has 0 saturated heterocycles. The van der Waals surface area contributed by atoms with Gasteiger partial charge in [-0.1, -0.05) is 30.3 Å². The van der Waals surface area contributed by atoms with Crippen LogP contribution in [0, 0.1) is 0 Å². The molecule has 0 radical (unpaired) electrons. The zero-order chi connectivity index (χ0) is 17.2. The van der Waals surface area contributed by atoms with Crippen molar-refractivity contribution >= 4 is 5.91 Å². The fourth-order valence-corrected chi connectivity index (χ4v) is 2.30. The minimum absolute atomic E-state index is 0.172. The van der Waals surface area contributed by atoms with Crippen LogP contribution in [0.4, 0.5) is 0 Å². The lowest BCUT2D eigenvalue weighted by Gasteiger charge is -2.30. The third-order valence-electron chi connectivity index (χ3n) is 3.59. The highest BCUT2D eigenvalue weighted by molar-refractivity contribution is 5.77. The summed E-state index contributed by atoms with van der Waals surface area (Å²) in [4.78, 5) is 11.9. The summed E-state index contributed by atoms with van der Waals surface area (Å²) < 4.78 is 0. The highest BCUT2D eigenvalue weighted by Gasteiger charge is 2.38. The van der Waals surface area contributed by atoms with E-state index in [9.17, 15) is 30.4 Å². The number of aromatic hydroxyl groups is 3. The van der Waals surface area contributed by atoms with Gasteiger partial charge in [-0.25, -0.2) is 5.06 Å². The smallest absolute Gasteiger partial charge is 0.249 e. The number of benzene rings is 2. The van der Waals surface area contributed by atoms with Crippen LogP contribution < -0.4 is 0 Å². The topological polar surface area (TPSA) is 121 Å². The Morgan fingerprint density at radius 2 is 1.65 bits per heavy atom. The van der Waals surface area contributed by atoms with Crippen LogP contribution in [-0.2, 0) is 10.4 Å². The molecule has 0 spiro atoms. The van der Waals surface area contributed by atoms with Gasteiger partial charge in [-0.05, 0) is 17.7 Å². The summed E-state index contributed by atoms with van der Waals surface area (Å²) in [5, 5.41) is 49.8. The second kappa shape index (κ2) is 6.15. The Kier molecular flexibility index (Phi) is 4.44. The third-order valence-corrected chi connectivity index (χ3v) is 3.59. The quantitative estimate of drug-likeness (QED) is 0.329. The van der Waals surface area contributed by atoms with Crippen LogP contribution in [0.2, 0.25) is 0 Å². The molecule has 5 N–H and O–H groups in total. The third kappa shape index (κ3) is 3.05. The van der Waals surface area contributed by atoms with Crippen LogP contribution in [0.15, 0.2) is 42.5 Å². The maximum absolute atomic E-state index is 11.9. The number of nitrogens with zero attached hydrogens (tertiary/aromatic N) is 1. The number of phenolic OH excluding ortho intramolecular Hbond substituents is 3. The molecule has 0 heterocycles. The van der Waals surface area contributed by atoms with Crippen molar-refractivity contribution in [3.63, 3.8) is 0 Å². The van der Waals surface area contributed by atoms with Crippen LogP contribution in [0.3, 0.4) is 0 Å². The number of carbonyl (C=O) groups is 1. The number of hydrogen-bond donors (Lipinski definition) is 5. The van der Waals surface area contributed by atoms with Gasteiger partial charge in [0.1, 0.15) is 5.60 Å². The maximum Gasteiger partial charge on any atom is 0.249 e. The molecular weight excluding hydrogens is 302 g/mol. The second-order valence-electron chi connectivity index (χ2n) is 5.15. The predicted molar refractivity (Wildman–Crippen MR) is 80.1 cm³/mol. The van der Waals surface area contributed by atoms with E-state index < -0.39 is 35.2 Å². The van der Waals surface area contributed by atoms with E-state index in [1.807, 2.05) is 0 Å². The van der Waals surface area contributed by atoms with Gasteiger partial charge in [0.15, 0.2) is 11.5 Å². The molecule has 2 aromatic rings. The molecule has 0 aliphatic rings. The van der Waals surface area contributed by atoms with Crippen molar-refractivity contribution in [2.45, 2.75) is 12.0 Å². The van der Waals surface area contributed by atoms with Crippen molar-refractivity contribution in [2.75, 3.05) is 7.05 Å². The number of phenols is 3. The summed E-state index contributed by atoms with van der Waals surface area (Å²) in [6, 6.07) is 10.3. The first kappa shape index (κ1) is 16.6. The van der Waals surface area contributed by atoms with E-state index in [4.69, 9.17) is 0 Å². The number of hydrogen-bond acceptors (Lipinski definition) is 6. The molecule has 0 aliphatic heterocycles. The highest BCUT2D eigenvalue weighted by atomic mass is 16.5. The standard InChI is InChI=1S/C16H17NO6/c1-17(23)13(19)9-16(22,10-5-3-2-4-6-10)11-7-8-12(18)15(21)14(11)20/h2-8,18,20-23H,9H2,1H3. The van der Waals surface area contributed by atoms with Gasteiger partial charge in [-0.2, -0.15) is 0 Å². The fourth-order valence-electron chi connectivity index (χ4n) is 2.30. The average molecular weight is 319 g/mol. The Morgan fingerprint density at radius 3 is 2.22 bits per heavy atom. The van der Waals surface area contributed by atoms with Crippen LogP contribution in [0.5, 0.6) is 17.2 Å². The summed E-state index contributed by atoms with van der Waals surface area (Å²) in [5.74, 6) is -2.91. The predicted octanol–water partition coefficient (Wildman–Crippen LogP) is 1.28. The molecule has 1 unspecified atom stereocenters. The molecule has 7 heteroatoms. The highest BCUT2D eigenvalue weighted by Crippen LogP contribution is 2.45. The Balaban J connectivity index is 2.63. The molecule has 2 rings (SSSR count). The van der Waals surface area contributed by atoms with Gasteiger partial charge >= 0.3 is 0 Å². The van der Waals surface area contributed by atoms with E-state index in [0.717, 1.165) is 13.1 Å².